The number of nitrogens with two attached hydrogens (primary N) is 1. The molecule has 1 aliphatic rings. The Morgan fingerprint density at radius 1 is 1.11 bits per heavy atom. The van der Waals surface area contributed by atoms with Crippen LogP contribution < -0.4 is 10.6 Å². The lowest BCUT2D eigenvalue weighted by Crippen LogP contribution is -2.24. The maximum Gasteiger partial charge on any atom is 0.0825 e. The van der Waals surface area contributed by atoms with Gasteiger partial charge in [0.15, 0.2) is 0 Å². The molecule has 19 heavy (non-hydrogen) atoms. The Labute approximate surface area is 114 Å². The maximum absolute atomic E-state index is 6.01. The molecule has 98 valence electrons. The molecule has 0 saturated carbocycles. The molecule has 3 heteroatoms. The highest BCUT2D eigenvalue weighted by Gasteiger charge is 2.16. The molecule has 1 aromatic carbocycles. The zero-order valence-corrected chi connectivity index (χ0v) is 11.0. The van der Waals surface area contributed by atoms with Crippen LogP contribution >= 0.6 is 0 Å². The Bertz CT molecular complexity index is 565. The van der Waals surface area contributed by atoms with Crippen LogP contribution in [0.2, 0.25) is 0 Å². The van der Waals surface area contributed by atoms with Crippen LogP contribution in [0.5, 0.6) is 0 Å². The van der Waals surface area contributed by atoms with Crippen molar-refractivity contribution in [2.45, 2.75) is 25.8 Å². The van der Waals surface area contributed by atoms with E-state index in [1.165, 1.54) is 30.5 Å². The monoisotopic (exact) mass is 253 g/mol. The van der Waals surface area contributed by atoms with Gasteiger partial charge < -0.3 is 10.6 Å². The van der Waals surface area contributed by atoms with Gasteiger partial charge in [-0.15, -0.1) is 0 Å². The summed E-state index contributed by atoms with van der Waals surface area (Å²) in [5, 5.41) is 0. The fourth-order valence-corrected chi connectivity index (χ4v) is 2.70. The van der Waals surface area contributed by atoms with Crippen molar-refractivity contribution in [3.63, 3.8) is 0 Å². The largest absolute Gasteiger partial charge is 0.397 e. The van der Waals surface area contributed by atoms with Crippen molar-refractivity contribution in [3.8, 4) is 0 Å². The normalized spacial score (nSPS) is 14.8. The molecule has 0 radical (unpaired) electrons. The van der Waals surface area contributed by atoms with E-state index in [0.717, 1.165) is 24.5 Å². The first-order valence-corrected chi connectivity index (χ1v) is 6.87. The second kappa shape index (κ2) is 5.31. The number of fused-ring (bicyclic) bond motifs is 1. The van der Waals surface area contributed by atoms with Crippen LogP contribution in [0, 0.1) is 0 Å². The third kappa shape index (κ3) is 2.55. The predicted molar refractivity (Wildman–Crippen MR) is 79.1 cm³/mol. The summed E-state index contributed by atoms with van der Waals surface area (Å²) in [5.41, 5.74) is 10.5. The van der Waals surface area contributed by atoms with Gasteiger partial charge in [-0.3, -0.25) is 4.98 Å². The molecule has 3 rings (SSSR count). The smallest absolute Gasteiger partial charge is 0.0825 e. The number of aryl methyl sites for hydroxylation is 1. The molecular weight excluding hydrogens is 234 g/mol. The number of para-hydroxylation sites is 1. The molecule has 0 unspecified atom stereocenters. The summed E-state index contributed by atoms with van der Waals surface area (Å²) < 4.78 is 0. The van der Waals surface area contributed by atoms with Gasteiger partial charge in [0.25, 0.3) is 0 Å². The van der Waals surface area contributed by atoms with E-state index in [-0.39, 0.29) is 0 Å². The maximum atomic E-state index is 6.01. The Morgan fingerprint density at radius 2 is 2.00 bits per heavy atom. The van der Waals surface area contributed by atoms with Crippen LogP contribution in [-0.4, -0.2) is 11.5 Å². The fraction of sp³-hybridized carbons (Fsp3) is 0.312. The van der Waals surface area contributed by atoms with Gasteiger partial charge in [-0.2, -0.15) is 0 Å². The molecule has 1 aliphatic heterocycles. The van der Waals surface area contributed by atoms with Crippen molar-refractivity contribution in [3.05, 3.63) is 53.9 Å². The van der Waals surface area contributed by atoms with Crippen LogP contribution in [-0.2, 0) is 13.0 Å². The molecule has 0 bridgehead atoms. The van der Waals surface area contributed by atoms with Crippen LogP contribution in [0.3, 0.4) is 0 Å². The SMILES string of the molecule is Nc1cccnc1CN1CCCCc2ccccc21. The van der Waals surface area contributed by atoms with Crippen molar-refractivity contribution < 1.29 is 0 Å². The van der Waals surface area contributed by atoms with Crippen LogP contribution in [0.1, 0.15) is 24.1 Å². The lowest BCUT2D eigenvalue weighted by Gasteiger charge is -2.25. The lowest BCUT2D eigenvalue weighted by atomic mass is 10.1. The van der Waals surface area contributed by atoms with Gasteiger partial charge >= 0.3 is 0 Å². The van der Waals surface area contributed by atoms with Crippen molar-refractivity contribution in [1.82, 2.24) is 4.98 Å². The molecule has 1 aromatic heterocycles. The summed E-state index contributed by atoms with van der Waals surface area (Å²) in [6, 6.07) is 12.5. The molecule has 2 heterocycles. The van der Waals surface area contributed by atoms with E-state index >= 15 is 0 Å². The molecule has 2 aromatic rings. The molecule has 0 amide bonds. The minimum Gasteiger partial charge on any atom is -0.397 e. The van der Waals surface area contributed by atoms with E-state index in [4.69, 9.17) is 5.73 Å². The minimum atomic E-state index is 0.782. The van der Waals surface area contributed by atoms with E-state index in [1.54, 1.807) is 0 Å². The Hall–Kier alpha value is -2.03. The highest BCUT2D eigenvalue weighted by Crippen LogP contribution is 2.27. The van der Waals surface area contributed by atoms with E-state index in [0.29, 0.717) is 0 Å². The summed E-state index contributed by atoms with van der Waals surface area (Å²) >= 11 is 0. The standard InChI is InChI=1S/C16H19N3/c17-14-8-5-10-18-15(14)12-19-11-4-3-7-13-6-1-2-9-16(13)19/h1-2,5-6,8-10H,3-4,7,11-12,17H2. The summed E-state index contributed by atoms with van der Waals surface area (Å²) in [7, 11) is 0. The van der Waals surface area contributed by atoms with Gasteiger partial charge in [0.05, 0.1) is 17.9 Å². The minimum absolute atomic E-state index is 0.782. The number of hydrogen-bond acceptors (Lipinski definition) is 3. The average molecular weight is 253 g/mol. The molecule has 0 atom stereocenters. The van der Waals surface area contributed by atoms with Gasteiger partial charge in [-0.1, -0.05) is 18.2 Å². The summed E-state index contributed by atoms with van der Waals surface area (Å²) in [4.78, 5) is 6.81. The third-order valence-corrected chi connectivity index (χ3v) is 3.72. The second-order valence-electron chi connectivity index (χ2n) is 5.05. The number of anilines is 2. The molecule has 2 N–H and O–H groups in total. The Kier molecular flexibility index (Phi) is 3.36. The topological polar surface area (TPSA) is 42.1 Å². The molecule has 0 spiro atoms. The van der Waals surface area contributed by atoms with E-state index < -0.39 is 0 Å². The van der Waals surface area contributed by atoms with Crippen molar-refractivity contribution >= 4 is 11.4 Å². The first kappa shape index (κ1) is 12.0. The van der Waals surface area contributed by atoms with Crippen molar-refractivity contribution in [2.24, 2.45) is 0 Å². The highest BCUT2D eigenvalue weighted by atomic mass is 15.1. The van der Waals surface area contributed by atoms with Gasteiger partial charge in [0, 0.05) is 18.4 Å². The van der Waals surface area contributed by atoms with Gasteiger partial charge in [0.2, 0.25) is 0 Å². The molecule has 0 saturated heterocycles. The zero-order chi connectivity index (χ0) is 13.1. The first-order valence-electron chi connectivity index (χ1n) is 6.87. The van der Waals surface area contributed by atoms with Gasteiger partial charge in [-0.05, 0) is 43.0 Å². The molecule has 0 fully saturated rings. The highest BCUT2D eigenvalue weighted by molar-refractivity contribution is 5.56. The van der Waals surface area contributed by atoms with Gasteiger partial charge in [0.1, 0.15) is 0 Å². The first-order chi connectivity index (χ1) is 9.34. The number of hydrogen-bond donors (Lipinski definition) is 1. The van der Waals surface area contributed by atoms with E-state index in [2.05, 4.69) is 34.1 Å². The van der Waals surface area contributed by atoms with Gasteiger partial charge in [-0.25, -0.2) is 0 Å². The second-order valence-corrected chi connectivity index (χ2v) is 5.05. The van der Waals surface area contributed by atoms with Crippen LogP contribution in [0.25, 0.3) is 0 Å². The molecular formula is C16H19N3. The quantitative estimate of drug-likeness (QED) is 0.894. The number of pyridine rings is 1. The summed E-state index contributed by atoms with van der Waals surface area (Å²) in [6.45, 7) is 1.87. The van der Waals surface area contributed by atoms with Crippen molar-refractivity contribution in [2.75, 3.05) is 17.2 Å². The van der Waals surface area contributed by atoms with Crippen molar-refractivity contribution in [1.29, 1.82) is 0 Å². The number of benzene rings is 1. The van der Waals surface area contributed by atoms with E-state index in [9.17, 15) is 0 Å². The number of nitrogens with zero attached hydrogens (tertiary/aromatic N) is 2. The molecule has 0 aliphatic carbocycles. The van der Waals surface area contributed by atoms with E-state index in [1.807, 2.05) is 18.3 Å². The Morgan fingerprint density at radius 3 is 2.89 bits per heavy atom. The third-order valence-electron chi connectivity index (χ3n) is 3.72. The number of nitrogen functional groups attached to an aromatic ring is 1. The Balaban J connectivity index is 1.91. The fourth-order valence-electron chi connectivity index (χ4n) is 2.70. The number of aromatic nitrogens is 1. The number of rotatable bonds is 2. The predicted octanol–water partition coefficient (Wildman–Crippen LogP) is 3.01. The average Bonchev–Trinajstić information content (AvgIpc) is 2.64. The lowest BCUT2D eigenvalue weighted by molar-refractivity contribution is 0.709. The van der Waals surface area contributed by atoms with Crippen LogP contribution in [0.4, 0.5) is 11.4 Å². The van der Waals surface area contributed by atoms with Crippen LogP contribution in [0.15, 0.2) is 42.6 Å². The summed E-state index contributed by atoms with van der Waals surface area (Å²) in [5.74, 6) is 0. The molecule has 3 nitrogen and oxygen atoms in total. The zero-order valence-electron chi connectivity index (χ0n) is 11.0. The summed E-state index contributed by atoms with van der Waals surface area (Å²) in [6.07, 6.45) is 5.46.